The van der Waals surface area contributed by atoms with Gasteiger partial charge < -0.3 is 4.74 Å². The van der Waals surface area contributed by atoms with E-state index >= 15 is 0 Å². The molecule has 0 bridgehead atoms. The first-order valence-corrected chi connectivity index (χ1v) is 8.51. The molecule has 116 valence electrons. The summed E-state index contributed by atoms with van der Waals surface area (Å²) < 4.78 is 35.0. The van der Waals surface area contributed by atoms with E-state index in [1.54, 1.807) is 24.3 Å². The molecule has 1 aliphatic rings. The van der Waals surface area contributed by atoms with E-state index in [1.165, 1.54) is 4.31 Å². The van der Waals surface area contributed by atoms with Crippen molar-refractivity contribution in [1.82, 2.24) is 0 Å². The van der Waals surface area contributed by atoms with Crippen molar-refractivity contribution in [3.63, 3.8) is 0 Å². The average Bonchev–Trinajstić information content (AvgIpc) is 2.49. The molecule has 5 nitrogen and oxygen atoms in total. The Hall–Kier alpha value is -2.21. The first kappa shape index (κ1) is 14.7. The third-order valence-electron chi connectivity index (χ3n) is 3.60. The number of nitrogens with one attached hydrogen (secondary N) is 1. The van der Waals surface area contributed by atoms with E-state index in [4.69, 9.17) is 4.74 Å². The van der Waals surface area contributed by atoms with E-state index in [1.807, 2.05) is 32.0 Å². The molecule has 2 aromatic carbocycles. The van der Waals surface area contributed by atoms with E-state index in [2.05, 4.69) is 4.72 Å². The van der Waals surface area contributed by atoms with Gasteiger partial charge in [0, 0.05) is 0 Å². The molecular weight excluding hydrogens is 300 g/mol. The maximum Gasteiger partial charge on any atom is 0.324 e. The quantitative estimate of drug-likeness (QED) is 0.946. The lowest BCUT2D eigenvalue weighted by molar-refractivity contribution is 0.316. The van der Waals surface area contributed by atoms with Crippen LogP contribution in [-0.2, 0) is 10.2 Å². The molecule has 0 saturated carbocycles. The van der Waals surface area contributed by atoms with Crippen molar-refractivity contribution < 1.29 is 13.2 Å². The molecule has 0 radical (unpaired) electrons. The van der Waals surface area contributed by atoms with Crippen LogP contribution in [0.25, 0.3) is 0 Å². The minimum atomic E-state index is -3.68. The number of benzene rings is 2. The Balaban J connectivity index is 1.94. The van der Waals surface area contributed by atoms with Gasteiger partial charge in [0.2, 0.25) is 0 Å². The zero-order valence-electron chi connectivity index (χ0n) is 12.5. The van der Waals surface area contributed by atoms with Gasteiger partial charge in [-0.2, -0.15) is 8.42 Å². The summed E-state index contributed by atoms with van der Waals surface area (Å²) in [6.45, 7) is 4.49. The van der Waals surface area contributed by atoms with Gasteiger partial charge in [-0.1, -0.05) is 29.8 Å². The minimum Gasteiger partial charge on any atom is -0.489 e. The zero-order chi connectivity index (χ0) is 15.7. The Morgan fingerprint density at radius 3 is 2.68 bits per heavy atom. The lowest BCUT2D eigenvalue weighted by atomic mass is 10.1. The molecule has 22 heavy (non-hydrogen) atoms. The highest BCUT2D eigenvalue weighted by Gasteiger charge is 2.28. The molecule has 0 spiro atoms. The average molecular weight is 318 g/mol. The first-order valence-electron chi connectivity index (χ1n) is 7.07. The van der Waals surface area contributed by atoms with Crippen LogP contribution in [0.2, 0.25) is 0 Å². The molecular formula is C16H18N2O3S. The summed E-state index contributed by atoms with van der Waals surface area (Å²) in [5, 5.41) is 0. The molecule has 0 amide bonds. The van der Waals surface area contributed by atoms with Gasteiger partial charge >= 0.3 is 10.2 Å². The summed E-state index contributed by atoms with van der Waals surface area (Å²) in [5.74, 6) is 0.583. The second-order valence-corrected chi connectivity index (χ2v) is 6.91. The second-order valence-electron chi connectivity index (χ2n) is 5.31. The number of para-hydroxylation sites is 2. The third-order valence-corrected chi connectivity index (χ3v) is 5.03. The predicted molar refractivity (Wildman–Crippen MR) is 87.7 cm³/mol. The number of aryl methyl sites for hydroxylation is 2. The van der Waals surface area contributed by atoms with Crippen LogP contribution in [0.5, 0.6) is 5.75 Å². The number of hydrogen-bond donors (Lipinski definition) is 1. The standard InChI is InChI=1S/C16H18N2O3S/c1-12-7-8-14(13(2)11-12)17-22(19,20)18-9-10-21-16-6-4-3-5-15(16)18/h3-8,11,17H,9-10H2,1-2H3. The third kappa shape index (κ3) is 2.74. The lowest BCUT2D eigenvalue weighted by Gasteiger charge is -2.30. The lowest BCUT2D eigenvalue weighted by Crippen LogP contribution is -2.41. The number of anilines is 2. The van der Waals surface area contributed by atoms with Gasteiger partial charge in [0.05, 0.1) is 17.9 Å². The van der Waals surface area contributed by atoms with Crippen LogP contribution in [0.1, 0.15) is 11.1 Å². The van der Waals surface area contributed by atoms with Crippen molar-refractivity contribution in [2.24, 2.45) is 0 Å². The molecule has 0 saturated heterocycles. The zero-order valence-corrected chi connectivity index (χ0v) is 13.4. The number of rotatable bonds is 3. The summed E-state index contributed by atoms with van der Waals surface area (Å²) in [7, 11) is -3.68. The summed E-state index contributed by atoms with van der Waals surface area (Å²) in [5.41, 5.74) is 3.14. The molecule has 0 atom stereocenters. The Morgan fingerprint density at radius 1 is 1.14 bits per heavy atom. The van der Waals surface area contributed by atoms with Crippen LogP contribution in [0, 0.1) is 13.8 Å². The number of fused-ring (bicyclic) bond motifs is 1. The molecule has 0 aliphatic carbocycles. The van der Waals surface area contributed by atoms with Gasteiger partial charge in [0.15, 0.2) is 0 Å². The fourth-order valence-electron chi connectivity index (χ4n) is 2.52. The fraction of sp³-hybridized carbons (Fsp3) is 0.250. The maximum atomic E-state index is 12.7. The maximum absolute atomic E-state index is 12.7. The van der Waals surface area contributed by atoms with Crippen LogP contribution in [0.15, 0.2) is 42.5 Å². The van der Waals surface area contributed by atoms with Crippen LogP contribution in [-0.4, -0.2) is 21.6 Å². The highest BCUT2D eigenvalue weighted by Crippen LogP contribution is 2.33. The van der Waals surface area contributed by atoms with Crippen LogP contribution in [0.4, 0.5) is 11.4 Å². The molecule has 2 aromatic rings. The van der Waals surface area contributed by atoms with Crippen molar-refractivity contribution in [3.8, 4) is 5.75 Å². The van der Waals surface area contributed by atoms with Gasteiger partial charge in [-0.15, -0.1) is 0 Å². The molecule has 1 heterocycles. The molecule has 1 N–H and O–H groups in total. The Kier molecular flexibility index (Phi) is 3.70. The molecule has 0 fully saturated rings. The largest absolute Gasteiger partial charge is 0.489 e. The smallest absolute Gasteiger partial charge is 0.324 e. The summed E-state index contributed by atoms with van der Waals surface area (Å²) >= 11 is 0. The normalized spacial score (nSPS) is 14.2. The van der Waals surface area contributed by atoms with Crippen molar-refractivity contribution in [2.45, 2.75) is 13.8 Å². The Bertz CT molecular complexity index is 803. The van der Waals surface area contributed by atoms with E-state index < -0.39 is 10.2 Å². The molecule has 0 unspecified atom stereocenters. The molecule has 3 rings (SSSR count). The summed E-state index contributed by atoms with van der Waals surface area (Å²) in [6.07, 6.45) is 0. The molecule has 0 aromatic heterocycles. The minimum absolute atomic E-state index is 0.289. The van der Waals surface area contributed by atoms with Crippen LogP contribution in [0.3, 0.4) is 0 Å². The summed E-state index contributed by atoms with van der Waals surface area (Å²) in [4.78, 5) is 0. The van der Waals surface area contributed by atoms with Crippen molar-refractivity contribution in [1.29, 1.82) is 0 Å². The SMILES string of the molecule is Cc1ccc(NS(=O)(=O)N2CCOc3ccccc32)c(C)c1. The topological polar surface area (TPSA) is 58.6 Å². The fourth-order valence-corrected chi connectivity index (χ4v) is 3.86. The predicted octanol–water partition coefficient (Wildman–Crippen LogP) is 2.86. The Labute approximate surface area is 130 Å². The second kappa shape index (κ2) is 5.53. The molecule has 1 aliphatic heterocycles. The van der Waals surface area contributed by atoms with Crippen molar-refractivity contribution in [2.75, 3.05) is 22.2 Å². The highest BCUT2D eigenvalue weighted by molar-refractivity contribution is 7.94. The molecule has 6 heteroatoms. The Morgan fingerprint density at radius 2 is 1.91 bits per heavy atom. The monoisotopic (exact) mass is 318 g/mol. The van der Waals surface area contributed by atoms with E-state index in [-0.39, 0.29) is 6.54 Å². The van der Waals surface area contributed by atoms with Crippen molar-refractivity contribution >= 4 is 21.6 Å². The number of ether oxygens (including phenoxy) is 1. The first-order chi connectivity index (χ1) is 10.5. The number of nitrogens with zero attached hydrogens (tertiary/aromatic N) is 1. The van der Waals surface area contributed by atoms with Gasteiger partial charge in [-0.25, -0.2) is 4.31 Å². The van der Waals surface area contributed by atoms with Gasteiger partial charge in [0.1, 0.15) is 12.4 Å². The number of hydrogen-bond acceptors (Lipinski definition) is 3. The van der Waals surface area contributed by atoms with Crippen LogP contribution >= 0.6 is 0 Å². The van der Waals surface area contributed by atoms with Gasteiger partial charge in [-0.3, -0.25) is 4.72 Å². The van der Waals surface area contributed by atoms with Gasteiger partial charge in [-0.05, 0) is 37.6 Å². The van der Waals surface area contributed by atoms with E-state index in [9.17, 15) is 8.42 Å². The van der Waals surface area contributed by atoms with E-state index in [0.29, 0.717) is 23.7 Å². The van der Waals surface area contributed by atoms with Crippen molar-refractivity contribution in [3.05, 3.63) is 53.6 Å². The highest BCUT2D eigenvalue weighted by atomic mass is 32.2. The van der Waals surface area contributed by atoms with E-state index in [0.717, 1.165) is 11.1 Å². The summed E-state index contributed by atoms with van der Waals surface area (Å²) in [6, 6.07) is 12.8. The van der Waals surface area contributed by atoms with Crippen LogP contribution < -0.4 is 13.8 Å². The van der Waals surface area contributed by atoms with Gasteiger partial charge in [0.25, 0.3) is 0 Å².